The Morgan fingerprint density at radius 3 is 2.05 bits per heavy atom. The van der Waals surface area contributed by atoms with Gasteiger partial charge in [0.2, 0.25) is 0 Å². The maximum absolute atomic E-state index is 13.6. The van der Waals surface area contributed by atoms with Gasteiger partial charge in [0.1, 0.15) is 17.3 Å². The van der Waals surface area contributed by atoms with Crippen LogP contribution in [-0.4, -0.2) is 11.8 Å². The molecule has 0 atom stereocenters. The SMILES string of the molecule is NC(=O)c1cc(Oc2ccc(C(N)=O)c(F)c2)ccc1N. The first-order valence-corrected chi connectivity index (χ1v) is 5.85. The summed E-state index contributed by atoms with van der Waals surface area (Å²) in [4.78, 5) is 22.1. The van der Waals surface area contributed by atoms with E-state index in [1.165, 1.54) is 30.3 Å². The fourth-order valence-electron chi connectivity index (χ4n) is 1.71. The Hall–Kier alpha value is -3.09. The smallest absolute Gasteiger partial charge is 0.251 e. The van der Waals surface area contributed by atoms with E-state index in [2.05, 4.69) is 0 Å². The number of primary amides is 2. The monoisotopic (exact) mass is 289 g/mol. The molecule has 2 aromatic rings. The summed E-state index contributed by atoms with van der Waals surface area (Å²) < 4.78 is 19.0. The second-order valence-electron chi connectivity index (χ2n) is 4.22. The number of amides is 2. The fourth-order valence-corrected chi connectivity index (χ4v) is 1.71. The summed E-state index contributed by atoms with van der Waals surface area (Å²) in [6, 6.07) is 7.89. The number of anilines is 1. The van der Waals surface area contributed by atoms with E-state index in [1.54, 1.807) is 0 Å². The van der Waals surface area contributed by atoms with Crippen LogP contribution in [0.15, 0.2) is 36.4 Å². The Bertz CT molecular complexity index is 731. The molecule has 0 heterocycles. The number of hydrogen-bond donors (Lipinski definition) is 3. The second kappa shape index (κ2) is 5.49. The molecule has 21 heavy (non-hydrogen) atoms. The molecule has 0 aliphatic heterocycles. The molecule has 0 saturated heterocycles. The molecule has 7 heteroatoms. The molecular weight excluding hydrogens is 277 g/mol. The lowest BCUT2D eigenvalue weighted by Gasteiger charge is -2.09. The highest BCUT2D eigenvalue weighted by Gasteiger charge is 2.11. The summed E-state index contributed by atoms with van der Waals surface area (Å²) in [7, 11) is 0. The van der Waals surface area contributed by atoms with Crippen LogP contribution in [0.3, 0.4) is 0 Å². The average molecular weight is 289 g/mol. The quantitative estimate of drug-likeness (QED) is 0.736. The second-order valence-corrected chi connectivity index (χ2v) is 4.22. The van der Waals surface area contributed by atoms with E-state index < -0.39 is 17.6 Å². The van der Waals surface area contributed by atoms with Crippen molar-refractivity contribution < 1.29 is 18.7 Å². The van der Waals surface area contributed by atoms with E-state index in [-0.39, 0.29) is 28.3 Å². The molecule has 0 spiro atoms. The van der Waals surface area contributed by atoms with E-state index in [4.69, 9.17) is 21.9 Å². The van der Waals surface area contributed by atoms with Crippen molar-refractivity contribution in [2.75, 3.05) is 5.73 Å². The van der Waals surface area contributed by atoms with Crippen molar-refractivity contribution in [3.63, 3.8) is 0 Å². The molecule has 108 valence electrons. The number of carbonyl (C=O) groups excluding carboxylic acids is 2. The van der Waals surface area contributed by atoms with Gasteiger partial charge in [-0.15, -0.1) is 0 Å². The van der Waals surface area contributed by atoms with Gasteiger partial charge in [-0.05, 0) is 30.3 Å². The number of ether oxygens (including phenoxy) is 1. The van der Waals surface area contributed by atoms with Crippen LogP contribution < -0.4 is 21.9 Å². The largest absolute Gasteiger partial charge is 0.457 e. The van der Waals surface area contributed by atoms with E-state index in [0.717, 1.165) is 6.07 Å². The third-order valence-corrected chi connectivity index (χ3v) is 2.73. The minimum absolute atomic E-state index is 0.0988. The molecule has 0 saturated carbocycles. The van der Waals surface area contributed by atoms with Crippen LogP contribution in [0.5, 0.6) is 11.5 Å². The van der Waals surface area contributed by atoms with Crippen molar-refractivity contribution in [2.24, 2.45) is 11.5 Å². The van der Waals surface area contributed by atoms with Gasteiger partial charge in [-0.3, -0.25) is 9.59 Å². The number of benzene rings is 2. The fraction of sp³-hybridized carbons (Fsp3) is 0. The van der Waals surface area contributed by atoms with E-state index >= 15 is 0 Å². The molecule has 0 fully saturated rings. The topological polar surface area (TPSA) is 121 Å². The molecule has 2 aromatic carbocycles. The maximum atomic E-state index is 13.6. The van der Waals surface area contributed by atoms with Crippen molar-refractivity contribution in [1.82, 2.24) is 0 Å². The molecule has 0 aromatic heterocycles. The highest BCUT2D eigenvalue weighted by molar-refractivity contribution is 5.98. The molecule has 0 bridgehead atoms. The average Bonchev–Trinajstić information content (AvgIpc) is 2.40. The number of carbonyl (C=O) groups is 2. The van der Waals surface area contributed by atoms with Gasteiger partial charge in [0.05, 0.1) is 11.1 Å². The van der Waals surface area contributed by atoms with Gasteiger partial charge in [-0.2, -0.15) is 0 Å². The summed E-state index contributed by atoms with van der Waals surface area (Å²) in [5.74, 6) is -1.98. The number of halogens is 1. The number of rotatable bonds is 4. The standard InChI is InChI=1S/C14H12FN3O3/c15-11-6-8(1-3-9(11)13(17)19)21-7-2-4-12(16)10(5-7)14(18)20/h1-6H,16H2,(H2,17,19)(H2,18,20). The Kier molecular flexibility index (Phi) is 3.75. The Balaban J connectivity index is 2.30. The molecule has 6 nitrogen and oxygen atoms in total. The molecular formula is C14H12FN3O3. The zero-order valence-electron chi connectivity index (χ0n) is 10.8. The first-order valence-electron chi connectivity index (χ1n) is 5.85. The van der Waals surface area contributed by atoms with Crippen LogP contribution in [0, 0.1) is 5.82 Å². The Morgan fingerprint density at radius 1 is 0.905 bits per heavy atom. The zero-order valence-corrected chi connectivity index (χ0v) is 10.8. The van der Waals surface area contributed by atoms with E-state index in [9.17, 15) is 14.0 Å². The highest BCUT2D eigenvalue weighted by Crippen LogP contribution is 2.26. The predicted octanol–water partition coefficient (Wildman–Crippen LogP) is 1.40. The first kappa shape index (κ1) is 14.3. The minimum Gasteiger partial charge on any atom is -0.457 e. The summed E-state index contributed by atoms with van der Waals surface area (Å²) >= 11 is 0. The highest BCUT2D eigenvalue weighted by atomic mass is 19.1. The van der Waals surface area contributed by atoms with Gasteiger partial charge < -0.3 is 21.9 Å². The van der Waals surface area contributed by atoms with Crippen molar-refractivity contribution in [3.05, 3.63) is 53.3 Å². The van der Waals surface area contributed by atoms with Gasteiger partial charge in [-0.25, -0.2) is 4.39 Å². The number of hydrogen-bond acceptors (Lipinski definition) is 4. The minimum atomic E-state index is -0.873. The number of nitrogen functional groups attached to an aromatic ring is 1. The van der Waals surface area contributed by atoms with Crippen LogP contribution in [0.25, 0.3) is 0 Å². The zero-order chi connectivity index (χ0) is 15.6. The lowest BCUT2D eigenvalue weighted by molar-refractivity contribution is 0.0989. The predicted molar refractivity (Wildman–Crippen MR) is 74.4 cm³/mol. The van der Waals surface area contributed by atoms with Crippen molar-refractivity contribution >= 4 is 17.5 Å². The van der Waals surface area contributed by atoms with Crippen molar-refractivity contribution in [1.29, 1.82) is 0 Å². The number of nitrogens with two attached hydrogens (primary N) is 3. The van der Waals surface area contributed by atoms with Crippen molar-refractivity contribution in [2.45, 2.75) is 0 Å². The normalized spacial score (nSPS) is 10.1. The molecule has 6 N–H and O–H groups in total. The Morgan fingerprint density at radius 2 is 1.48 bits per heavy atom. The summed E-state index contributed by atoms with van der Waals surface area (Å²) in [5, 5.41) is 0. The summed E-state index contributed by atoms with van der Waals surface area (Å²) in [6.07, 6.45) is 0. The molecule has 2 rings (SSSR count). The van der Waals surface area contributed by atoms with Crippen LogP contribution in [0.4, 0.5) is 10.1 Å². The lowest BCUT2D eigenvalue weighted by Crippen LogP contribution is -2.13. The third-order valence-electron chi connectivity index (χ3n) is 2.73. The lowest BCUT2D eigenvalue weighted by atomic mass is 10.1. The van der Waals surface area contributed by atoms with Crippen LogP contribution in [0.2, 0.25) is 0 Å². The molecule has 0 aliphatic rings. The van der Waals surface area contributed by atoms with Gasteiger partial charge in [-0.1, -0.05) is 0 Å². The van der Waals surface area contributed by atoms with Gasteiger partial charge in [0, 0.05) is 11.8 Å². The molecule has 2 amide bonds. The molecule has 0 radical (unpaired) electrons. The molecule has 0 unspecified atom stereocenters. The van der Waals surface area contributed by atoms with E-state index in [1.807, 2.05) is 0 Å². The van der Waals surface area contributed by atoms with Gasteiger partial charge >= 0.3 is 0 Å². The Labute approximate surface area is 119 Å². The summed E-state index contributed by atoms with van der Waals surface area (Å²) in [5.41, 5.74) is 15.8. The van der Waals surface area contributed by atoms with Crippen LogP contribution >= 0.6 is 0 Å². The van der Waals surface area contributed by atoms with E-state index in [0.29, 0.717) is 0 Å². The third kappa shape index (κ3) is 3.08. The van der Waals surface area contributed by atoms with Gasteiger partial charge in [0.25, 0.3) is 11.8 Å². The first-order chi connectivity index (χ1) is 9.88. The van der Waals surface area contributed by atoms with Crippen molar-refractivity contribution in [3.8, 4) is 11.5 Å². The summed E-state index contributed by atoms with van der Waals surface area (Å²) in [6.45, 7) is 0. The molecule has 0 aliphatic carbocycles. The van der Waals surface area contributed by atoms with Crippen LogP contribution in [0.1, 0.15) is 20.7 Å². The van der Waals surface area contributed by atoms with Crippen LogP contribution in [-0.2, 0) is 0 Å². The van der Waals surface area contributed by atoms with Gasteiger partial charge in [0.15, 0.2) is 0 Å². The maximum Gasteiger partial charge on any atom is 0.251 e.